The number of pyridine rings is 1. The number of aromatic amines is 1. The maximum absolute atomic E-state index is 12.3. The molecule has 3 aromatic rings. The average Bonchev–Trinajstić information content (AvgIpc) is 2.86. The Morgan fingerprint density at radius 1 is 0.950 bits per heavy atom. The van der Waals surface area contributed by atoms with Crippen LogP contribution in [0.3, 0.4) is 0 Å². The average molecular weight is 267 g/mol. The van der Waals surface area contributed by atoms with E-state index < -0.39 is 0 Å². The highest BCUT2D eigenvalue weighted by molar-refractivity contribution is 6.07. The van der Waals surface area contributed by atoms with Crippen LogP contribution in [0.1, 0.15) is 11.1 Å². The zero-order chi connectivity index (χ0) is 13.9. The first-order valence-corrected chi connectivity index (χ1v) is 6.50. The number of aromatic nitrogens is 1. The highest BCUT2D eigenvalue weighted by Gasteiger charge is 2.17. The molecule has 0 amide bonds. The molecule has 1 N–H and O–H groups in total. The number of aryl methyl sites for hydroxylation is 2. The van der Waals surface area contributed by atoms with E-state index in [0.29, 0.717) is 16.9 Å². The summed E-state index contributed by atoms with van der Waals surface area (Å²) in [6, 6.07) is 7.81. The number of fused-ring (bicyclic) bond motifs is 4. The van der Waals surface area contributed by atoms with Crippen LogP contribution in [0.15, 0.2) is 29.1 Å². The first-order valence-electron chi connectivity index (χ1n) is 6.50. The van der Waals surface area contributed by atoms with Gasteiger partial charge in [0.05, 0.1) is 10.9 Å². The largest absolute Gasteiger partial charge is 0.454 e. The Bertz CT molecular complexity index is 925. The molecule has 0 saturated heterocycles. The lowest BCUT2D eigenvalue weighted by Crippen LogP contribution is -2.07. The molecule has 100 valence electrons. The summed E-state index contributed by atoms with van der Waals surface area (Å²) in [6.07, 6.45) is 0. The van der Waals surface area contributed by atoms with E-state index in [-0.39, 0.29) is 12.4 Å². The number of rotatable bonds is 0. The highest BCUT2D eigenvalue weighted by Crippen LogP contribution is 2.37. The van der Waals surface area contributed by atoms with Gasteiger partial charge in [0.25, 0.3) is 5.56 Å². The van der Waals surface area contributed by atoms with Crippen molar-refractivity contribution in [3.05, 3.63) is 45.7 Å². The highest BCUT2D eigenvalue weighted by atomic mass is 16.7. The van der Waals surface area contributed by atoms with E-state index in [1.165, 1.54) is 5.56 Å². The van der Waals surface area contributed by atoms with Crippen LogP contribution in [0.25, 0.3) is 21.7 Å². The van der Waals surface area contributed by atoms with E-state index in [9.17, 15) is 4.79 Å². The minimum Gasteiger partial charge on any atom is -0.454 e. The lowest BCUT2D eigenvalue weighted by atomic mass is 10.0. The molecule has 4 heteroatoms. The van der Waals surface area contributed by atoms with Crippen LogP contribution in [-0.2, 0) is 0 Å². The van der Waals surface area contributed by atoms with Gasteiger partial charge in [0, 0.05) is 10.8 Å². The molecule has 4 nitrogen and oxygen atoms in total. The van der Waals surface area contributed by atoms with Crippen molar-refractivity contribution >= 4 is 21.7 Å². The first-order chi connectivity index (χ1) is 9.63. The van der Waals surface area contributed by atoms with E-state index in [1.54, 1.807) is 6.07 Å². The smallest absolute Gasteiger partial charge is 0.256 e. The standard InChI is InChI=1S/C16H13NO3/c1-8-3-9(2)15-11(4-8)10-5-13-14(20-7-19-13)6-12(10)16(18)17-15/h3-6H,7H2,1-2H3,(H,17,18). The van der Waals surface area contributed by atoms with Gasteiger partial charge in [-0.25, -0.2) is 0 Å². The van der Waals surface area contributed by atoms with E-state index in [1.807, 2.05) is 13.0 Å². The summed E-state index contributed by atoms with van der Waals surface area (Å²) in [7, 11) is 0. The van der Waals surface area contributed by atoms with Gasteiger partial charge >= 0.3 is 0 Å². The van der Waals surface area contributed by atoms with E-state index in [2.05, 4.69) is 24.0 Å². The molecule has 0 spiro atoms. The lowest BCUT2D eigenvalue weighted by molar-refractivity contribution is 0.174. The van der Waals surface area contributed by atoms with Gasteiger partial charge in [-0.05, 0) is 37.6 Å². The van der Waals surface area contributed by atoms with Gasteiger partial charge in [-0.3, -0.25) is 4.79 Å². The second-order valence-electron chi connectivity index (χ2n) is 5.21. The fourth-order valence-electron chi connectivity index (χ4n) is 2.88. The number of benzene rings is 2. The Balaban J connectivity index is 2.26. The predicted molar refractivity (Wildman–Crippen MR) is 77.7 cm³/mol. The monoisotopic (exact) mass is 267 g/mol. The minimum absolute atomic E-state index is 0.0993. The number of ether oxygens (including phenoxy) is 2. The molecule has 20 heavy (non-hydrogen) atoms. The molecule has 0 bridgehead atoms. The van der Waals surface area contributed by atoms with Crippen molar-refractivity contribution in [2.24, 2.45) is 0 Å². The molecule has 0 atom stereocenters. The van der Waals surface area contributed by atoms with Gasteiger partial charge in [-0.15, -0.1) is 0 Å². The van der Waals surface area contributed by atoms with Crippen molar-refractivity contribution in [2.45, 2.75) is 13.8 Å². The molecular formula is C16H13NO3. The molecule has 2 aromatic carbocycles. The van der Waals surface area contributed by atoms with Crippen LogP contribution < -0.4 is 15.0 Å². The van der Waals surface area contributed by atoms with Crippen molar-refractivity contribution in [1.82, 2.24) is 4.98 Å². The molecule has 0 unspecified atom stereocenters. The van der Waals surface area contributed by atoms with Crippen molar-refractivity contribution in [3.8, 4) is 11.5 Å². The molecule has 4 rings (SSSR count). The zero-order valence-corrected chi connectivity index (χ0v) is 11.2. The van der Waals surface area contributed by atoms with Crippen LogP contribution in [0.2, 0.25) is 0 Å². The molecule has 1 aromatic heterocycles. The van der Waals surface area contributed by atoms with Crippen molar-refractivity contribution in [2.75, 3.05) is 6.79 Å². The van der Waals surface area contributed by atoms with Gasteiger partial charge in [-0.2, -0.15) is 0 Å². The SMILES string of the molecule is Cc1cc(C)c2[nH]c(=O)c3cc4c(cc3c2c1)OCO4. The third kappa shape index (κ3) is 1.45. The number of nitrogens with one attached hydrogen (secondary N) is 1. The Hall–Kier alpha value is -2.49. The molecule has 0 saturated carbocycles. The summed E-state index contributed by atoms with van der Waals surface area (Å²) in [5.41, 5.74) is 3.02. The van der Waals surface area contributed by atoms with E-state index >= 15 is 0 Å². The summed E-state index contributed by atoms with van der Waals surface area (Å²) in [5.74, 6) is 1.33. The van der Waals surface area contributed by atoms with Crippen molar-refractivity contribution in [3.63, 3.8) is 0 Å². The predicted octanol–water partition coefficient (Wildman–Crippen LogP) is 3.03. The number of hydrogen-bond acceptors (Lipinski definition) is 3. The van der Waals surface area contributed by atoms with Gasteiger partial charge < -0.3 is 14.5 Å². The van der Waals surface area contributed by atoms with Crippen LogP contribution in [0.5, 0.6) is 11.5 Å². The van der Waals surface area contributed by atoms with Crippen molar-refractivity contribution < 1.29 is 9.47 Å². The summed E-state index contributed by atoms with van der Waals surface area (Å²) >= 11 is 0. The topological polar surface area (TPSA) is 51.3 Å². The van der Waals surface area contributed by atoms with Gasteiger partial charge in [0.1, 0.15) is 0 Å². The molecule has 0 aliphatic carbocycles. The number of hydrogen-bond donors (Lipinski definition) is 1. The zero-order valence-electron chi connectivity index (χ0n) is 11.2. The van der Waals surface area contributed by atoms with Crippen LogP contribution in [0.4, 0.5) is 0 Å². The second kappa shape index (κ2) is 3.76. The van der Waals surface area contributed by atoms with Gasteiger partial charge in [-0.1, -0.05) is 11.6 Å². The van der Waals surface area contributed by atoms with E-state index in [0.717, 1.165) is 21.9 Å². The first kappa shape index (κ1) is 11.3. The van der Waals surface area contributed by atoms with Gasteiger partial charge in [0.15, 0.2) is 11.5 Å². The Labute approximate surface area is 114 Å². The summed E-state index contributed by atoms with van der Waals surface area (Å²) < 4.78 is 10.8. The maximum Gasteiger partial charge on any atom is 0.256 e. The second-order valence-corrected chi connectivity index (χ2v) is 5.21. The normalized spacial score (nSPS) is 13.3. The minimum atomic E-state index is -0.0993. The summed E-state index contributed by atoms with van der Waals surface area (Å²) in [5, 5.41) is 2.57. The van der Waals surface area contributed by atoms with Crippen LogP contribution in [0, 0.1) is 13.8 Å². The molecular weight excluding hydrogens is 254 g/mol. The number of H-pyrrole nitrogens is 1. The van der Waals surface area contributed by atoms with Crippen LogP contribution in [-0.4, -0.2) is 11.8 Å². The Morgan fingerprint density at radius 3 is 2.40 bits per heavy atom. The molecule has 0 fully saturated rings. The van der Waals surface area contributed by atoms with Crippen LogP contribution >= 0.6 is 0 Å². The molecule has 1 aliphatic rings. The fourth-order valence-corrected chi connectivity index (χ4v) is 2.88. The summed E-state index contributed by atoms with van der Waals surface area (Å²) in [4.78, 5) is 15.2. The molecule has 0 radical (unpaired) electrons. The fraction of sp³-hybridized carbons (Fsp3) is 0.188. The van der Waals surface area contributed by atoms with E-state index in [4.69, 9.17) is 9.47 Å². The Morgan fingerprint density at radius 2 is 1.65 bits per heavy atom. The maximum atomic E-state index is 12.3. The lowest BCUT2D eigenvalue weighted by Gasteiger charge is -2.08. The third-order valence-corrected chi connectivity index (χ3v) is 3.77. The van der Waals surface area contributed by atoms with Gasteiger partial charge in [0.2, 0.25) is 6.79 Å². The summed E-state index contributed by atoms with van der Waals surface area (Å²) in [6.45, 7) is 4.26. The third-order valence-electron chi connectivity index (χ3n) is 3.77. The quantitative estimate of drug-likeness (QED) is 0.637. The molecule has 2 heterocycles. The molecule has 1 aliphatic heterocycles. The van der Waals surface area contributed by atoms with Crippen molar-refractivity contribution in [1.29, 1.82) is 0 Å². The Kier molecular flexibility index (Phi) is 2.13.